The van der Waals surface area contributed by atoms with Gasteiger partial charge in [0.05, 0.1) is 0 Å². The smallest absolute Gasteiger partial charge is 0.169 e. The van der Waals surface area contributed by atoms with Crippen molar-refractivity contribution in [2.24, 2.45) is 0 Å². The van der Waals surface area contributed by atoms with E-state index >= 15 is 0 Å². The molecule has 1 aliphatic carbocycles. The van der Waals surface area contributed by atoms with Gasteiger partial charge in [0.25, 0.3) is 0 Å². The number of benzene rings is 1. The van der Waals surface area contributed by atoms with Crippen molar-refractivity contribution in [3.63, 3.8) is 0 Å². The summed E-state index contributed by atoms with van der Waals surface area (Å²) in [5.41, 5.74) is 12.2. The molecule has 2 aromatic rings. The van der Waals surface area contributed by atoms with E-state index in [0.717, 1.165) is 11.6 Å². The van der Waals surface area contributed by atoms with Crippen LogP contribution in [0, 0.1) is 0 Å². The summed E-state index contributed by atoms with van der Waals surface area (Å²) < 4.78 is 2.77. The van der Waals surface area contributed by atoms with Gasteiger partial charge in [0.1, 0.15) is 0 Å². The third kappa shape index (κ3) is 3.02. The number of fused-ring (bicyclic) bond motifs is 1. The molecule has 0 atom stereocenters. The fourth-order valence-corrected chi connectivity index (χ4v) is 12.8. The fourth-order valence-electron chi connectivity index (χ4n) is 6.16. The van der Waals surface area contributed by atoms with Crippen LogP contribution < -0.4 is 5.73 Å². The van der Waals surface area contributed by atoms with Crippen molar-refractivity contribution in [3.05, 3.63) is 30.0 Å². The first-order chi connectivity index (χ1) is 12.3. The summed E-state index contributed by atoms with van der Waals surface area (Å²) in [5.74, 6) is 0.731. The minimum Gasteiger partial charge on any atom is -0.399 e. The molecular weight excluding hydrogens is 332 g/mol. The van der Waals surface area contributed by atoms with Crippen LogP contribution in [0.5, 0.6) is 0 Å². The molecule has 1 saturated carbocycles. The van der Waals surface area contributed by atoms with Crippen molar-refractivity contribution < 1.29 is 0 Å². The first-order valence-electron chi connectivity index (χ1n) is 10.7. The van der Waals surface area contributed by atoms with Crippen molar-refractivity contribution >= 4 is 24.8 Å². The number of nitrogen functional groups attached to an aromatic ring is 1. The highest BCUT2D eigenvalue weighted by atomic mass is 28.3. The van der Waals surface area contributed by atoms with Crippen LogP contribution in [0.25, 0.3) is 10.9 Å². The molecule has 0 bridgehead atoms. The minimum atomic E-state index is -1.77. The van der Waals surface area contributed by atoms with E-state index in [0.29, 0.717) is 16.6 Å². The Morgan fingerprint density at radius 1 is 0.923 bits per heavy atom. The summed E-state index contributed by atoms with van der Waals surface area (Å²) >= 11 is 0. The summed E-state index contributed by atoms with van der Waals surface area (Å²) in [6.45, 7) is 14.7. The molecule has 0 aliphatic heterocycles. The molecule has 3 heteroatoms. The van der Waals surface area contributed by atoms with Crippen molar-refractivity contribution in [2.45, 2.75) is 96.2 Å². The van der Waals surface area contributed by atoms with E-state index in [1.165, 1.54) is 43.0 Å². The van der Waals surface area contributed by atoms with Crippen LogP contribution in [-0.2, 0) is 0 Å². The van der Waals surface area contributed by atoms with Crippen LogP contribution in [0.4, 0.5) is 5.69 Å². The topological polar surface area (TPSA) is 30.9 Å². The van der Waals surface area contributed by atoms with Crippen LogP contribution >= 0.6 is 0 Å². The lowest BCUT2D eigenvalue weighted by Crippen LogP contribution is -2.51. The second kappa shape index (κ2) is 7.42. The molecule has 1 fully saturated rings. The van der Waals surface area contributed by atoms with Gasteiger partial charge in [-0.1, -0.05) is 66.9 Å². The lowest BCUT2D eigenvalue weighted by Gasteiger charge is -2.44. The summed E-state index contributed by atoms with van der Waals surface area (Å²) in [7, 11) is -1.77. The number of anilines is 1. The van der Waals surface area contributed by atoms with E-state index in [4.69, 9.17) is 5.73 Å². The zero-order valence-corrected chi connectivity index (χ0v) is 18.7. The molecule has 0 spiro atoms. The average molecular weight is 371 g/mol. The van der Waals surface area contributed by atoms with Gasteiger partial charge in [-0.05, 0) is 59.3 Å². The Bertz CT molecular complexity index is 729. The van der Waals surface area contributed by atoms with E-state index < -0.39 is 8.24 Å². The Morgan fingerprint density at radius 2 is 1.50 bits per heavy atom. The number of hydrogen-bond acceptors (Lipinski definition) is 1. The molecule has 0 radical (unpaired) electrons. The maximum Gasteiger partial charge on any atom is 0.169 e. The first-order valence-corrected chi connectivity index (χ1v) is 12.9. The summed E-state index contributed by atoms with van der Waals surface area (Å²) in [5, 5.41) is 1.46. The summed E-state index contributed by atoms with van der Waals surface area (Å²) in [6, 6.07) is 6.64. The maximum atomic E-state index is 6.25. The van der Waals surface area contributed by atoms with E-state index in [-0.39, 0.29) is 0 Å². The molecule has 144 valence electrons. The molecule has 1 aromatic heterocycles. The highest BCUT2D eigenvalue weighted by molar-refractivity contribution is 6.82. The standard InChI is InChI=1S/C23H38N2Si/c1-16(2)26(17(3)4,18(5)6)25-15-22(19-10-8-7-9-11-19)21-13-12-20(24)14-23(21)25/h12-19H,7-11,24H2,1-6H3. The van der Waals surface area contributed by atoms with Gasteiger partial charge in [-0.15, -0.1) is 0 Å². The average Bonchev–Trinajstić information content (AvgIpc) is 2.94. The van der Waals surface area contributed by atoms with E-state index in [1.807, 2.05) is 0 Å². The first kappa shape index (κ1) is 19.5. The van der Waals surface area contributed by atoms with E-state index in [9.17, 15) is 0 Å². The Balaban J connectivity index is 2.29. The SMILES string of the molecule is CC(C)[Si](C(C)C)(C(C)C)n1cc(C2CCCCC2)c2ccc(N)cc21. The number of nitrogens with zero attached hydrogens (tertiary/aromatic N) is 1. The predicted molar refractivity (Wildman–Crippen MR) is 119 cm³/mol. The van der Waals surface area contributed by atoms with Crippen molar-refractivity contribution in [3.8, 4) is 0 Å². The Kier molecular flexibility index (Phi) is 5.57. The van der Waals surface area contributed by atoms with Gasteiger partial charge in [0.15, 0.2) is 8.24 Å². The normalized spacial score (nSPS) is 17.1. The molecule has 26 heavy (non-hydrogen) atoms. The van der Waals surface area contributed by atoms with Crippen molar-refractivity contribution in [1.82, 2.24) is 4.23 Å². The highest BCUT2D eigenvalue weighted by Gasteiger charge is 2.46. The Hall–Kier alpha value is -1.22. The Labute approximate surface area is 161 Å². The number of nitrogens with two attached hydrogens (primary N) is 1. The van der Waals surface area contributed by atoms with Gasteiger partial charge in [-0.2, -0.15) is 0 Å². The third-order valence-electron chi connectivity index (χ3n) is 7.10. The molecule has 2 N–H and O–H groups in total. The second-order valence-corrected chi connectivity index (χ2v) is 15.1. The molecule has 1 aromatic carbocycles. The quantitative estimate of drug-likeness (QED) is 0.434. The Morgan fingerprint density at radius 3 is 2.04 bits per heavy atom. The van der Waals surface area contributed by atoms with E-state index in [1.54, 1.807) is 5.56 Å². The zero-order valence-electron chi connectivity index (χ0n) is 17.7. The van der Waals surface area contributed by atoms with Crippen LogP contribution in [-0.4, -0.2) is 12.5 Å². The van der Waals surface area contributed by atoms with Crippen LogP contribution in [0.3, 0.4) is 0 Å². The molecule has 1 heterocycles. The zero-order chi connectivity index (χ0) is 19.1. The number of rotatable bonds is 5. The highest BCUT2D eigenvalue weighted by Crippen LogP contribution is 2.47. The third-order valence-corrected chi connectivity index (χ3v) is 13.9. The van der Waals surface area contributed by atoms with E-state index in [2.05, 4.69) is 70.2 Å². The van der Waals surface area contributed by atoms with Gasteiger partial charge >= 0.3 is 0 Å². The second-order valence-electron chi connectivity index (χ2n) is 9.42. The van der Waals surface area contributed by atoms with Gasteiger partial charge in [0, 0.05) is 16.6 Å². The summed E-state index contributed by atoms with van der Waals surface area (Å²) in [4.78, 5) is 0. The molecule has 0 saturated heterocycles. The van der Waals surface area contributed by atoms with Gasteiger partial charge in [0.2, 0.25) is 0 Å². The lowest BCUT2D eigenvalue weighted by atomic mass is 9.84. The number of aromatic nitrogens is 1. The lowest BCUT2D eigenvalue weighted by molar-refractivity contribution is 0.445. The van der Waals surface area contributed by atoms with Crippen LogP contribution in [0.1, 0.15) is 85.1 Å². The van der Waals surface area contributed by atoms with Gasteiger partial charge in [-0.25, -0.2) is 0 Å². The van der Waals surface area contributed by atoms with Crippen molar-refractivity contribution in [1.29, 1.82) is 0 Å². The van der Waals surface area contributed by atoms with Crippen molar-refractivity contribution in [2.75, 3.05) is 5.73 Å². The molecule has 0 unspecified atom stereocenters. The summed E-state index contributed by atoms with van der Waals surface area (Å²) in [6.07, 6.45) is 9.45. The molecular formula is C23H38N2Si. The van der Waals surface area contributed by atoms with Gasteiger partial charge in [-0.3, -0.25) is 0 Å². The molecule has 1 aliphatic rings. The monoisotopic (exact) mass is 370 g/mol. The predicted octanol–water partition coefficient (Wildman–Crippen LogP) is 7.29. The molecule has 3 rings (SSSR count). The minimum absolute atomic E-state index is 0.693. The number of hydrogen-bond donors (Lipinski definition) is 1. The molecule has 0 amide bonds. The maximum absolute atomic E-state index is 6.25. The fraction of sp³-hybridized carbons (Fsp3) is 0.652. The van der Waals surface area contributed by atoms with Crippen LogP contribution in [0.2, 0.25) is 16.6 Å². The van der Waals surface area contributed by atoms with Crippen LogP contribution in [0.15, 0.2) is 24.4 Å². The van der Waals surface area contributed by atoms with Gasteiger partial charge < -0.3 is 9.97 Å². The largest absolute Gasteiger partial charge is 0.399 e. The molecule has 2 nitrogen and oxygen atoms in total.